The molecular weight excluding hydrogens is 1120 g/mol. The number of carboxylic acids is 1. The largest absolute Gasteiger partial charge is 0.480 e. The van der Waals surface area contributed by atoms with Crippen LogP contribution in [0.4, 0.5) is 0 Å². The maximum absolute atomic E-state index is 14.1. The summed E-state index contributed by atoms with van der Waals surface area (Å²) in [6.07, 6.45) is 0.228. The van der Waals surface area contributed by atoms with Crippen molar-refractivity contribution in [1.29, 1.82) is 0 Å². The first-order valence-corrected chi connectivity index (χ1v) is 28.7. The Kier molecular flexibility index (Phi) is 36.1. The van der Waals surface area contributed by atoms with Crippen LogP contribution in [0, 0.1) is 5.92 Å². The number of primary amides is 4. The summed E-state index contributed by atoms with van der Waals surface area (Å²) >= 11 is 2.68. The average molecular weight is 1210 g/mol. The molecule has 0 saturated heterocycles. The number of guanidine groups is 1. The van der Waals surface area contributed by atoms with Gasteiger partial charge in [0.15, 0.2) is 5.96 Å². The van der Waals surface area contributed by atoms with E-state index in [0.29, 0.717) is 12.2 Å². The lowest BCUT2D eigenvalue weighted by Gasteiger charge is -2.29. The number of nitrogens with two attached hydrogens (primary N) is 7. The van der Waals surface area contributed by atoms with Crippen LogP contribution in [-0.4, -0.2) is 197 Å². The third kappa shape index (κ3) is 30.3. The maximum atomic E-state index is 14.1. The second-order valence-electron chi connectivity index (χ2n) is 18.9. The van der Waals surface area contributed by atoms with Gasteiger partial charge < -0.3 is 98.2 Å². The normalized spacial score (nSPS) is 14.9. The first-order valence-electron chi connectivity index (χ1n) is 25.9. The fraction of sp³-hybridized carbons (Fsp3) is 0.681. The van der Waals surface area contributed by atoms with Gasteiger partial charge in [0.1, 0.15) is 54.4 Å². The van der Waals surface area contributed by atoms with E-state index in [2.05, 4.69) is 47.5 Å². The van der Waals surface area contributed by atoms with E-state index >= 15 is 0 Å². The molecule has 25 N–H and O–H groups in total. The minimum Gasteiger partial charge on any atom is -0.480 e. The van der Waals surface area contributed by atoms with Crippen LogP contribution < -0.4 is 88.0 Å². The zero-order valence-corrected chi connectivity index (χ0v) is 48.2. The fourth-order valence-corrected chi connectivity index (χ4v) is 8.14. The van der Waals surface area contributed by atoms with Crippen LogP contribution in [0.25, 0.3) is 0 Å². The highest BCUT2D eigenvalue weighted by atomic mass is 32.2. The van der Waals surface area contributed by atoms with Gasteiger partial charge in [-0.05, 0) is 81.8 Å². The summed E-state index contributed by atoms with van der Waals surface area (Å²) in [5.74, 6) is -14.8. The predicted molar refractivity (Wildman–Crippen MR) is 300 cm³/mol. The van der Waals surface area contributed by atoms with Crippen LogP contribution in [-0.2, 0) is 67.1 Å². The summed E-state index contributed by atoms with van der Waals surface area (Å²) in [7, 11) is 0. The third-order valence-corrected chi connectivity index (χ3v) is 13.4. The number of aliphatic carboxylic acids is 1. The van der Waals surface area contributed by atoms with E-state index in [9.17, 15) is 77.3 Å². The number of hydrogen-bond acceptors (Lipinski definition) is 19. The number of thioether (sulfide) groups is 2. The van der Waals surface area contributed by atoms with Crippen molar-refractivity contribution >= 4 is 112 Å². The Morgan fingerprint density at radius 2 is 0.841 bits per heavy atom. The molecule has 0 aliphatic rings. The summed E-state index contributed by atoms with van der Waals surface area (Å²) in [5.41, 5.74) is 38.3. The minimum atomic E-state index is -1.89. The van der Waals surface area contributed by atoms with E-state index in [1.165, 1.54) is 37.4 Å². The van der Waals surface area contributed by atoms with Crippen LogP contribution in [0.15, 0.2) is 4.99 Å². The highest BCUT2D eigenvalue weighted by molar-refractivity contribution is 7.98. The molecular formula is C47H83N17O16S2. The van der Waals surface area contributed by atoms with Crippen LogP contribution in [0.5, 0.6) is 0 Å². The number of carbonyl (C=O) groups is 14. The number of aliphatic hydroxyl groups excluding tert-OH is 1. The smallest absolute Gasteiger partial charge is 0.328 e. The zero-order valence-electron chi connectivity index (χ0n) is 46.6. The number of nitrogens with zero attached hydrogens (tertiary/aromatic N) is 1. The zero-order chi connectivity index (χ0) is 62.8. The maximum Gasteiger partial charge on any atom is 0.328 e. The quantitative estimate of drug-likeness (QED) is 0.0153. The van der Waals surface area contributed by atoms with Gasteiger partial charge in [0.25, 0.3) is 0 Å². The van der Waals surface area contributed by atoms with Gasteiger partial charge in [-0.15, -0.1) is 0 Å². The molecule has 0 heterocycles. The summed E-state index contributed by atoms with van der Waals surface area (Å²) in [6.45, 7) is 3.45. The van der Waals surface area contributed by atoms with E-state index in [1.807, 2.05) is 11.6 Å². The summed E-state index contributed by atoms with van der Waals surface area (Å²) in [4.78, 5) is 186. The number of aliphatic imine (C=N–C) groups is 1. The molecule has 0 saturated carbocycles. The van der Waals surface area contributed by atoms with E-state index in [-0.39, 0.29) is 43.9 Å². The van der Waals surface area contributed by atoms with Crippen molar-refractivity contribution in [2.24, 2.45) is 51.0 Å². The van der Waals surface area contributed by atoms with Crippen molar-refractivity contribution in [3.8, 4) is 0 Å². The van der Waals surface area contributed by atoms with Gasteiger partial charge >= 0.3 is 5.97 Å². The van der Waals surface area contributed by atoms with Crippen LogP contribution in [0.2, 0.25) is 0 Å². The standard InChI is InChI=1S/C47H83N17O16S2/c1-6-22(2)36(45(78)61-27(10-13-33(50)67)41(74)63-31(21-65)46(79)80)64-43(76)28(11-14-34(51)68)59-44(77)30(20-35(52)69)62-42(75)29(16-19-82-5)60-40(73)26(9-12-32(49)66)57-37(70)23(3)56-39(72)25(8-7-17-55-47(53)54)58-38(71)24(48)15-18-81-4/h22-31,36,65H,6-21,48H2,1-5H3,(H2,49,66)(H2,50,67)(H2,51,68)(H2,52,69)(H,56,72)(H,57,70)(H,58,71)(H,59,77)(H,60,73)(H,61,78)(H,62,75)(H,63,74)(H,64,76)(H,79,80)(H4,53,54,55)/t22-,23-,24-,25-,26-,27-,28-,29-,30-,31-,36-/m0/s1. The molecule has 0 radical (unpaired) electrons. The highest BCUT2D eigenvalue weighted by Crippen LogP contribution is 2.13. The lowest BCUT2D eigenvalue weighted by atomic mass is 9.96. The Morgan fingerprint density at radius 1 is 0.463 bits per heavy atom. The van der Waals surface area contributed by atoms with Crippen LogP contribution in [0.1, 0.15) is 97.8 Å². The Hall–Kier alpha value is -7.53. The number of hydrogen-bond donors (Lipinski definition) is 18. The van der Waals surface area contributed by atoms with E-state index in [1.54, 1.807) is 13.2 Å². The molecule has 0 aromatic heterocycles. The van der Waals surface area contributed by atoms with Gasteiger partial charge in [-0.2, -0.15) is 23.5 Å². The summed E-state index contributed by atoms with van der Waals surface area (Å²) in [6, 6.07) is -15.3. The monoisotopic (exact) mass is 1210 g/mol. The van der Waals surface area contributed by atoms with Crippen molar-refractivity contribution in [2.45, 2.75) is 158 Å². The van der Waals surface area contributed by atoms with E-state index in [0.717, 1.165) is 0 Å². The molecule has 35 heteroatoms. The molecule has 0 unspecified atom stereocenters. The first kappa shape index (κ1) is 74.5. The molecule has 0 spiro atoms. The minimum absolute atomic E-state index is 0.00867. The van der Waals surface area contributed by atoms with Gasteiger partial charge in [-0.25, -0.2) is 4.79 Å². The lowest BCUT2D eigenvalue weighted by molar-refractivity contribution is -0.143. The van der Waals surface area contributed by atoms with Crippen molar-refractivity contribution in [3.63, 3.8) is 0 Å². The summed E-state index contributed by atoms with van der Waals surface area (Å²) in [5, 5.41) is 40.1. The fourth-order valence-electron chi connectivity index (χ4n) is 7.18. The van der Waals surface area contributed by atoms with Gasteiger partial charge in [0.05, 0.1) is 19.1 Å². The second-order valence-corrected chi connectivity index (χ2v) is 20.8. The molecule has 11 atom stereocenters. The number of carboxylic acid groups (broad SMARTS) is 1. The molecule has 0 aromatic rings. The molecule has 0 bridgehead atoms. The van der Waals surface area contributed by atoms with Crippen LogP contribution in [0.3, 0.4) is 0 Å². The van der Waals surface area contributed by atoms with Gasteiger partial charge in [0, 0.05) is 25.8 Å². The Balaban J connectivity index is 6.78. The Morgan fingerprint density at radius 3 is 1.27 bits per heavy atom. The van der Waals surface area contributed by atoms with Crippen LogP contribution >= 0.6 is 23.5 Å². The molecule has 0 aliphatic carbocycles. The van der Waals surface area contributed by atoms with Gasteiger partial charge in [0.2, 0.25) is 76.8 Å². The third-order valence-electron chi connectivity index (χ3n) is 12.1. The molecule has 13 amide bonds. The lowest BCUT2D eigenvalue weighted by Crippen LogP contribution is -2.61. The van der Waals surface area contributed by atoms with Crippen molar-refractivity contribution in [1.82, 2.24) is 47.9 Å². The first-order chi connectivity index (χ1) is 38.4. The molecule has 0 rings (SSSR count). The molecule has 0 aromatic carbocycles. The number of rotatable bonds is 43. The molecule has 0 aliphatic heterocycles. The van der Waals surface area contributed by atoms with Crippen molar-refractivity contribution in [2.75, 3.05) is 37.2 Å². The Labute approximate surface area is 482 Å². The van der Waals surface area contributed by atoms with E-state index in [4.69, 9.17) is 40.1 Å². The number of amides is 13. The Bertz CT molecular complexity index is 2260. The highest BCUT2D eigenvalue weighted by Gasteiger charge is 2.37. The second kappa shape index (κ2) is 39.8. The SMILES string of the molecule is CC[C@H](C)[C@H](NC(=O)[C@H](CCC(N)=O)NC(=O)[C@H](CC(N)=O)NC(=O)[C@H](CCSC)NC(=O)[C@H](CCC(N)=O)NC(=O)[C@H](C)NC(=O)[C@H](CCCN=C(N)N)NC(=O)[C@@H](N)CCSC)C(=O)N[C@@H](CCC(N)=O)C(=O)N[C@@H](CO)C(=O)O. The number of aliphatic hydroxyl groups is 1. The molecule has 82 heavy (non-hydrogen) atoms. The van der Waals surface area contributed by atoms with Gasteiger partial charge in [-0.1, -0.05) is 20.3 Å². The topological polar surface area (TPSA) is 582 Å². The molecule has 33 nitrogen and oxygen atoms in total. The predicted octanol–water partition coefficient (Wildman–Crippen LogP) is -7.95. The number of nitrogens with one attached hydrogen (secondary N) is 9. The number of carbonyl (C=O) groups excluding carboxylic acids is 13. The van der Waals surface area contributed by atoms with E-state index < -0.39 is 201 Å². The average Bonchev–Trinajstić information content (AvgIpc) is 3.49. The van der Waals surface area contributed by atoms with Crippen molar-refractivity contribution < 1.29 is 77.3 Å². The summed E-state index contributed by atoms with van der Waals surface area (Å²) < 4.78 is 0. The molecule has 464 valence electrons. The van der Waals surface area contributed by atoms with Crippen molar-refractivity contribution in [3.05, 3.63) is 0 Å². The molecule has 0 fully saturated rings. The van der Waals surface area contributed by atoms with Gasteiger partial charge in [-0.3, -0.25) is 67.3 Å².